The number of carbonyl (C=O) groups is 4. The Kier molecular flexibility index (Phi) is 23.7. The third-order valence-electron chi connectivity index (χ3n) is 8.26. The molecule has 2 amide bonds. The van der Waals surface area contributed by atoms with Gasteiger partial charge in [-0.1, -0.05) is 39.5 Å². The van der Waals surface area contributed by atoms with E-state index < -0.39 is 17.9 Å². The smallest absolute Gasteiger partial charge is 0.225 e. The Morgan fingerprint density at radius 2 is 1.46 bits per heavy atom. The van der Waals surface area contributed by atoms with Crippen molar-refractivity contribution in [2.45, 2.75) is 96.9 Å². The molecule has 13 nitrogen and oxygen atoms in total. The highest BCUT2D eigenvalue weighted by molar-refractivity contribution is 5.90. The normalized spacial score (nSPS) is 13.9. The largest absolute Gasteiger partial charge is 0.355 e. The molecule has 0 saturated heterocycles. The van der Waals surface area contributed by atoms with E-state index in [1.807, 2.05) is 0 Å². The summed E-state index contributed by atoms with van der Waals surface area (Å²) >= 11 is 0. The van der Waals surface area contributed by atoms with E-state index in [0.717, 1.165) is 31.5 Å². The van der Waals surface area contributed by atoms with Crippen LogP contribution in [-0.4, -0.2) is 91.7 Å². The lowest BCUT2D eigenvalue weighted by molar-refractivity contribution is -0.133. The lowest BCUT2D eigenvalue weighted by Gasteiger charge is -2.27. The minimum absolute atomic E-state index is 0.00792. The summed E-state index contributed by atoms with van der Waals surface area (Å²) in [4.78, 5) is 61.0. The number of aryl methyl sites for hydroxylation is 1. The molecule has 1 aromatic rings. The van der Waals surface area contributed by atoms with Crippen LogP contribution in [0.15, 0.2) is 12.4 Å². The molecule has 0 bridgehead atoms. The summed E-state index contributed by atoms with van der Waals surface area (Å²) in [6.07, 6.45) is 9.91. The van der Waals surface area contributed by atoms with Crippen LogP contribution < -0.4 is 38.5 Å². The van der Waals surface area contributed by atoms with E-state index in [4.69, 9.17) is 17.2 Å². The second-order valence-corrected chi connectivity index (χ2v) is 12.1. The molecule has 0 aliphatic rings. The third kappa shape index (κ3) is 18.4. The monoisotopic (exact) mass is 650 g/mol. The van der Waals surface area contributed by atoms with Crippen molar-refractivity contribution in [3.63, 3.8) is 0 Å². The number of ketones is 2. The molecule has 1 heterocycles. The number of imidazole rings is 1. The fourth-order valence-corrected chi connectivity index (χ4v) is 5.63. The number of unbranched alkanes of at least 4 members (excludes halogenated alkanes) is 2. The van der Waals surface area contributed by atoms with Crippen LogP contribution in [0.25, 0.3) is 0 Å². The molecular formula is C33H63N9O4. The molecule has 0 radical (unpaired) electrons. The van der Waals surface area contributed by atoms with Crippen molar-refractivity contribution in [1.82, 2.24) is 31.2 Å². The first-order valence-electron chi connectivity index (χ1n) is 17.4. The minimum atomic E-state index is -0.660. The van der Waals surface area contributed by atoms with Crippen LogP contribution in [0, 0.1) is 17.8 Å². The van der Waals surface area contributed by atoms with Gasteiger partial charge in [-0.05, 0) is 25.2 Å². The van der Waals surface area contributed by atoms with Gasteiger partial charge in [-0.3, -0.25) is 19.2 Å². The molecule has 264 valence electrons. The Morgan fingerprint density at radius 1 is 0.804 bits per heavy atom. The molecule has 0 aliphatic carbocycles. The molecule has 0 aromatic carbocycles. The van der Waals surface area contributed by atoms with Crippen LogP contribution in [0.1, 0.15) is 90.3 Å². The van der Waals surface area contributed by atoms with Crippen molar-refractivity contribution in [3.05, 3.63) is 18.2 Å². The SMILES string of the molecule is CCCCC(N)C(CC(=O)CC(CCCC)C(CC(=O)NCCNCCN)C(=O)CCCc1ncc[nH]1)C(=O)NCCNCCN. The van der Waals surface area contributed by atoms with Crippen LogP contribution >= 0.6 is 0 Å². The number of hydrogen-bond donors (Lipinski definition) is 8. The van der Waals surface area contributed by atoms with E-state index >= 15 is 0 Å². The van der Waals surface area contributed by atoms with Gasteiger partial charge in [0.15, 0.2) is 0 Å². The summed E-state index contributed by atoms with van der Waals surface area (Å²) < 4.78 is 0. The van der Waals surface area contributed by atoms with Crippen LogP contribution in [-0.2, 0) is 25.6 Å². The number of rotatable bonds is 30. The molecule has 13 heteroatoms. The Labute approximate surface area is 276 Å². The number of amides is 2. The van der Waals surface area contributed by atoms with Crippen molar-refractivity contribution < 1.29 is 19.2 Å². The van der Waals surface area contributed by atoms with Gasteiger partial charge in [0, 0.05) is 109 Å². The summed E-state index contributed by atoms with van der Waals surface area (Å²) in [5.74, 6) is -1.32. The van der Waals surface area contributed by atoms with Gasteiger partial charge in [-0.15, -0.1) is 0 Å². The van der Waals surface area contributed by atoms with E-state index in [1.54, 1.807) is 12.4 Å². The number of aromatic nitrogens is 2. The van der Waals surface area contributed by atoms with Gasteiger partial charge in [0.1, 0.15) is 17.4 Å². The van der Waals surface area contributed by atoms with E-state index in [1.165, 1.54) is 0 Å². The topological polar surface area (TPSA) is 223 Å². The van der Waals surface area contributed by atoms with Crippen LogP contribution in [0.5, 0.6) is 0 Å². The molecule has 4 atom stereocenters. The molecule has 0 spiro atoms. The Hall–Kier alpha value is -2.71. The van der Waals surface area contributed by atoms with Gasteiger partial charge < -0.3 is 43.5 Å². The van der Waals surface area contributed by atoms with Crippen molar-refractivity contribution in [3.8, 4) is 0 Å². The van der Waals surface area contributed by atoms with Crippen molar-refractivity contribution in [2.24, 2.45) is 35.0 Å². The Bertz CT molecular complexity index is 961. The van der Waals surface area contributed by atoms with E-state index in [9.17, 15) is 19.2 Å². The first kappa shape index (κ1) is 41.3. The van der Waals surface area contributed by atoms with E-state index in [-0.39, 0.29) is 48.6 Å². The average molecular weight is 650 g/mol. The van der Waals surface area contributed by atoms with Crippen LogP contribution in [0.4, 0.5) is 0 Å². The zero-order valence-corrected chi connectivity index (χ0v) is 28.4. The number of Topliss-reactive ketones (excluding diaryl/α,β-unsaturated/α-hetero) is 2. The number of carbonyl (C=O) groups excluding carboxylic acids is 4. The van der Waals surface area contributed by atoms with Crippen molar-refractivity contribution >= 4 is 23.4 Å². The van der Waals surface area contributed by atoms with Crippen LogP contribution in [0.3, 0.4) is 0 Å². The maximum atomic E-state index is 13.7. The molecule has 0 fully saturated rings. The van der Waals surface area contributed by atoms with Gasteiger partial charge in [-0.2, -0.15) is 0 Å². The maximum Gasteiger partial charge on any atom is 0.225 e. The summed E-state index contributed by atoms with van der Waals surface area (Å²) in [6, 6.07) is -0.451. The molecule has 1 rings (SSSR count). The summed E-state index contributed by atoms with van der Waals surface area (Å²) in [5, 5.41) is 12.1. The Balaban J connectivity index is 3.05. The van der Waals surface area contributed by atoms with Crippen molar-refractivity contribution in [2.75, 3.05) is 52.4 Å². The second-order valence-electron chi connectivity index (χ2n) is 12.1. The van der Waals surface area contributed by atoms with Gasteiger partial charge >= 0.3 is 0 Å². The van der Waals surface area contributed by atoms with Gasteiger partial charge in [0.2, 0.25) is 11.8 Å². The molecule has 0 aliphatic heterocycles. The molecule has 1 aromatic heterocycles. The number of nitrogens with two attached hydrogens (primary N) is 3. The second kappa shape index (κ2) is 26.4. The summed E-state index contributed by atoms with van der Waals surface area (Å²) in [5.41, 5.74) is 17.5. The van der Waals surface area contributed by atoms with Gasteiger partial charge in [0.25, 0.3) is 0 Å². The number of aromatic amines is 1. The number of H-pyrrole nitrogens is 1. The quantitative estimate of drug-likeness (QED) is 0.0550. The fraction of sp³-hybridized carbons (Fsp3) is 0.788. The average Bonchev–Trinajstić information content (AvgIpc) is 3.56. The molecule has 46 heavy (non-hydrogen) atoms. The highest BCUT2D eigenvalue weighted by atomic mass is 16.2. The number of hydrogen-bond acceptors (Lipinski definition) is 10. The molecule has 11 N–H and O–H groups in total. The van der Waals surface area contributed by atoms with E-state index in [2.05, 4.69) is 45.1 Å². The standard InChI is InChI=1S/C33H63N9O4/c1-3-5-8-25(22-26(43)23-28(29(36)9-6-4-2)33(46)42-19-17-38-15-13-35)27(24-32(45)41-18-16-37-14-12-34)30(44)10-7-11-31-39-20-21-40-31/h20-21,25,27-29,37-38H,3-19,22-24,34-36H2,1-2H3,(H,39,40)(H,41,45)(H,42,46). The summed E-state index contributed by atoms with van der Waals surface area (Å²) in [7, 11) is 0. The lowest BCUT2D eigenvalue weighted by atomic mass is 9.77. The van der Waals surface area contributed by atoms with Gasteiger partial charge in [-0.25, -0.2) is 4.98 Å². The maximum absolute atomic E-state index is 13.7. The van der Waals surface area contributed by atoms with E-state index in [0.29, 0.717) is 84.5 Å². The van der Waals surface area contributed by atoms with Gasteiger partial charge in [0.05, 0.1) is 5.92 Å². The number of nitrogens with zero attached hydrogens (tertiary/aromatic N) is 1. The molecule has 4 unspecified atom stereocenters. The minimum Gasteiger partial charge on any atom is -0.355 e. The third-order valence-corrected chi connectivity index (χ3v) is 8.26. The predicted octanol–water partition coefficient (Wildman–Crippen LogP) is 0.926. The molecular weight excluding hydrogens is 586 g/mol. The molecule has 0 saturated carbocycles. The first-order chi connectivity index (χ1) is 22.3. The summed E-state index contributed by atoms with van der Waals surface area (Å²) in [6.45, 7) is 8.43. The highest BCUT2D eigenvalue weighted by Gasteiger charge is 2.33. The predicted molar refractivity (Wildman–Crippen MR) is 183 cm³/mol. The van der Waals surface area contributed by atoms with Crippen molar-refractivity contribution in [1.29, 1.82) is 0 Å². The Morgan fingerprint density at radius 3 is 2.07 bits per heavy atom. The van der Waals surface area contributed by atoms with Crippen LogP contribution in [0.2, 0.25) is 0 Å². The highest BCUT2D eigenvalue weighted by Crippen LogP contribution is 2.30. The first-order valence-corrected chi connectivity index (χ1v) is 17.4. The zero-order valence-electron chi connectivity index (χ0n) is 28.4. The fourth-order valence-electron chi connectivity index (χ4n) is 5.63. The zero-order chi connectivity index (χ0) is 34.0. The lowest BCUT2D eigenvalue weighted by Crippen LogP contribution is -2.45. The number of nitrogens with one attached hydrogen (secondary N) is 5.